The molecule has 14 heavy (non-hydrogen) atoms. The summed E-state index contributed by atoms with van der Waals surface area (Å²) in [5.74, 6) is 0.202. The van der Waals surface area contributed by atoms with Gasteiger partial charge in [0.2, 0.25) is 0 Å². The van der Waals surface area contributed by atoms with E-state index in [1.54, 1.807) is 0 Å². The smallest absolute Gasteiger partial charge is 0.123 e. The van der Waals surface area contributed by atoms with Crippen molar-refractivity contribution in [3.8, 4) is 0 Å². The Balaban J connectivity index is 2.48. The van der Waals surface area contributed by atoms with Crippen LogP contribution in [0.3, 0.4) is 0 Å². The fourth-order valence-electron chi connectivity index (χ4n) is 1.05. The van der Waals surface area contributed by atoms with Crippen molar-refractivity contribution in [2.24, 2.45) is 0 Å². The van der Waals surface area contributed by atoms with Crippen molar-refractivity contribution in [2.45, 2.75) is 17.7 Å². The second kappa shape index (κ2) is 5.88. The van der Waals surface area contributed by atoms with E-state index in [0.717, 1.165) is 6.42 Å². The SMILES string of the molecule is O=S(CCCCO)c1ccc(F)cc1. The number of aliphatic hydroxyl groups is 1. The van der Waals surface area contributed by atoms with E-state index in [4.69, 9.17) is 5.11 Å². The molecule has 0 saturated heterocycles. The summed E-state index contributed by atoms with van der Waals surface area (Å²) in [7, 11) is -1.07. The Morgan fingerprint density at radius 1 is 1.21 bits per heavy atom. The van der Waals surface area contributed by atoms with Crippen molar-refractivity contribution >= 4 is 10.8 Å². The van der Waals surface area contributed by atoms with Crippen LogP contribution in [0.5, 0.6) is 0 Å². The lowest BCUT2D eigenvalue weighted by molar-refractivity contribution is 0.287. The maximum atomic E-state index is 12.5. The molecule has 0 amide bonds. The van der Waals surface area contributed by atoms with Gasteiger partial charge in [-0.05, 0) is 37.1 Å². The Morgan fingerprint density at radius 2 is 1.86 bits per heavy atom. The standard InChI is InChI=1S/C10H13FO2S/c11-9-3-5-10(6-4-9)14(13)8-2-1-7-12/h3-6,12H,1-2,7-8H2. The van der Waals surface area contributed by atoms with Gasteiger partial charge in [-0.2, -0.15) is 0 Å². The van der Waals surface area contributed by atoms with Gasteiger partial charge in [0.15, 0.2) is 0 Å². The summed E-state index contributed by atoms with van der Waals surface area (Å²) >= 11 is 0. The minimum Gasteiger partial charge on any atom is -0.396 e. The molecule has 0 saturated carbocycles. The molecule has 78 valence electrons. The Hall–Kier alpha value is -0.740. The van der Waals surface area contributed by atoms with Gasteiger partial charge in [-0.15, -0.1) is 0 Å². The molecule has 0 aliphatic carbocycles. The van der Waals surface area contributed by atoms with Crippen LogP contribution in [-0.4, -0.2) is 21.7 Å². The number of aliphatic hydroxyl groups excluding tert-OH is 1. The summed E-state index contributed by atoms with van der Waals surface area (Å²) < 4.78 is 24.1. The zero-order valence-electron chi connectivity index (χ0n) is 7.78. The van der Waals surface area contributed by atoms with Crippen molar-refractivity contribution in [1.82, 2.24) is 0 Å². The summed E-state index contributed by atoms with van der Waals surface area (Å²) in [6.07, 6.45) is 1.38. The van der Waals surface area contributed by atoms with E-state index in [1.807, 2.05) is 0 Å². The zero-order valence-corrected chi connectivity index (χ0v) is 8.60. The lowest BCUT2D eigenvalue weighted by atomic mass is 10.3. The van der Waals surface area contributed by atoms with Crippen LogP contribution in [-0.2, 0) is 10.8 Å². The van der Waals surface area contributed by atoms with Crippen molar-refractivity contribution in [1.29, 1.82) is 0 Å². The molecule has 0 fully saturated rings. The fourth-order valence-corrected chi connectivity index (χ4v) is 2.19. The molecule has 1 unspecified atom stereocenters. The van der Waals surface area contributed by atoms with Crippen molar-refractivity contribution in [3.63, 3.8) is 0 Å². The fraction of sp³-hybridized carbons (Fsp3) is 0.400. The normalized spacial score (nSPS) is 12.7. The van der Waals surface area contributed by atoms with Crippen LogP contribution in [0, 0.1) is 5.82 Å². The van der Waals surface area contributed by atoms with Crippen LogP contribution < -0.4 is 0 Å². The monoisotopic (exact) mass is 216 g/mol. The second-order valence-electron chi connectivity index (χ2n) is 2.93. The molecule has 2 nitrogen and oxygen atoms in total. The van der Waals surface area contributed by atoms with E-state index in [2.05, 4.69) is 0 Å². The maximum absolute atomic E-state index is 12.5. The Morgan fingerprint density at radius 3 is 2.43 bits per heavy atom. The third-order valence-corrected chi connectivity index (χ3v) is 3.27. The average molecular weight is 216 g/mol. The lowest BCUT2D eigenvalue weighted by Crippen LogP contribution is -1.99. The molecule has 0 spiro atoms. The van der Waals surface area contributed by atoms with Gasteiger partial charge in [0.05, 0.1) is 10.8 Å². The van der Waals surface area contributed by atoms with E-state index in [1.165, 1.54) is 24.3 Å². The molecule has 0 heterocycles. The highest BCUT2D eigenvalue weighted by atomic mass is 32.2. The topological polar surface area (TPSA) is 37.3 Å². The molecule has 0 radical (unpaired) electrons. The van der Waals surface area contributed by atoms with Gasteiger partial charge in [-0.3, -0.25) is 4.21 Å². The first-order valence-electron chi connectivity index (χ1n) is 4.49. The summed E-state index contributed by atoms with van der Waals surface area (Å²) in [6.45, 7) is 0.126. The number of hydrogen-bond acceptors (Lipinski definition) is 2. The highest BCUT2D eigenvalue weighted by Gasteiger charge is 2.02. The summed E-state index contributed by atoms with van der Waals surface area (Å²) in [4.78, 5) is 0.643. The van der Waals surface area contributed by atoms with Gasteiger partial charge in [0.25, 0.3) is 0 Å². The second-order valence-corrected chi connectivity index (χ2v) is 4.50. The molecule has 0 bridgehead atoms. The summed E-state index contributed by atoms with van der Waals surface area (Å²) in [6, 6.07) is 5.67. The largest absolute Gasteiger partial charge is 0.396 e. The Kier molecular flexibility index (Phi) is 4.76. The Labute approximate surface area is 85.2 Å². The maximum Gasteiger partial charge on any atom is 0.123 e. The Bertz CT molecular complexity index is 297. The van der Waals surface area contributed by atoms with E-state index < -0.39 is 10.8 Å². The predicted molar refractivity (Wildman–Crippen MR) is 54.0 cm³/mol. The van der Waals surface area contributed by atoms with Crippen LogP contribution in [0.25, 0.3) is 0 Å². The highest BCUT2D eigenvalue weighted by Crippen LogP contribution is 2.09. The lowest BCUT2D eigenvalue weighted by Gasteiger charge is -2.00. The molecule has 1 aromatic rings. The molecule has 1 rings (SSSR count). The van der Waals surface area contributed by atoms with Gasteiger partial charge in [-0.1, -0.05) is 0 Å². The van der Waals surface area contributed by atoms with E-state index >= 15 is 0 Å². The zero-order chi connectivity index (χ0) is 10.4. The minimum atomic E-state index is -1.07. The molecule has 0 aromatic heterocycles. The van der Waals surface area contributed by atoms with Gasteiger partial charge in [0, 0.05) is 17.3 Å². The van der Waals surface area contributed by atoms with Crippen LogP contribution in [0.4, 0.5) is 4.39 Å². The molecule has 4 heteroatoms. The number of rotatable bonds is 5. The van der Waals surface area contributed by atoms with Crippen LogP contribution in [0.1, 0.15) is 12.8 Å². The first-order valence-corrected chi connectivity index (χ1v) is 5.80. The van der Waals surface area contributed by atoms with E-state index in [9.17, 15) is 8.60 Å². The molecule has 1 N–H and O–H groups in total. The van der Waals surface area contributed by atoms with Crippen molar-refractivity contribution in [3.05, 3.63) is 30.1 Å². The molecule has 0 aliphatic rings. The van der Waals surface area contributed by atoms with Gasteiger partial charge in [-0.25, -0.2) is 4.39 Å². The molecular formula is C10H13FO2S. The summed E-state index contributed by atoms with van der Waals surface area (Å²) in [5, 5.41) is 8.54. The van der Waals surface area contributed by atoms with Crippen molar-refractivity contribution < 1.29 is 13.7 Å². The van der Waals surface area contributed by atoms with Gasteiger partial charge >= 0.3 is 0 Å². The first-order chi connectivity index (χ1) is 6.74. The molecule has 1 atom stereocenters. The van der Waals surface area contributed by atoms with E-state index in [-0.39, 0.29) is 12.4 Å². The van der Waals surface area contributed by atoms with E-state index in [0.29, 0.717) is 17.1 Å². The number of halogens is 1. The third-order valence-electron chi connectivity index (χ3n) is 1.81. The first kappa shape index (κ1) is 11.3. The summed E-state index contributed by atoms with van der Waals surface area (Å²) in [5.41, 5.74) is 0. The minimum absolute atomic E-state index is 0.126. The number of unbranched alkanes of at least 4 members (excludes halogenated alkanes) is 1. The number of benzene rings is 1. The number of hydrogen-bond donors (Lipinski definition) is 1. The highest BCUT2D eigenvalue weighted by molar-refractivity contribution is 7.85. The van der Waals surface area contributed by atoms with Crippen LogP contribution in [0.2, 0.25) is 0 Å². The molecule has 1 aromatic carbocycles. The third kappa shape index (κ3) is 3.55. The van der Waals surface area contributed by atoms with Crippen LogP contribution >= 0.6 is 0 Å². The van der Waals surface area contributed by atoms with Gasteiger partial charge < -0.3 is 5.11 Å². The quantitative estimate of drug-likeness (QED) is 0.761. The average Bonchev–Trinajstić information content (AvgIpc) is 2.19. The van der Waals surface area contributed by atoms with Crippen molar-refractivity contribution in [2.75, 3.05) is 12.4 Å². The predicted octanol–water partition coefficient (Wildman–Crippen LogP) is 1.71. The van der Waals surface area contributed by atoms with Crippen LogP contribution in [0.15, 0.2) is 29.2 Å². The van der Waals surface area contributed by atoms with Gasteiger partial charge in [0.1, 0.15) is 5.82 Å². The molecular weight excluding hydrogens is 203 g/mol. The molecule has 0 aliphatic heterocycles.